The maximum Gasteiger partial charge on any atom is 0.336 e. The van der Waals surface area contributed by atoms with Crippen molar-refractivity contribution in [1.29, 1.82) is 0 Å². The Bertz CT molecular complexity index is 881. The number of hydrogen-bond donors (Lipinski definition) is 0. The zero-order valence-electron chi connectivity index (χ0n) is 14.6. The summed E-state index contributed by atoms with van der Waals surface area (Å²) in [4.78, 5) is 11.8. The van der Waals surface area contributed by atoms with Crippen molar-refractivity contribution in [2.75, 3.05) is 0 Å². The minimum atomic E-state index is -0.407. The van der Waals surface area contributed by atoms with E-state index in [9.17, 15) is 4.79 Å². The van der Waals surface area contributed by atoms with E-state index in [4.69, 9.17) is 9.47 Å². The number of carbonyl (C=O) groups excluding carboxylic acids is 1. The second-order valence-corrected chi connectivity index (χ2v) is 5.91. The van der Waals surface area contributed by atoms with Crippen LogP contribution < -0.4 is 9.47 Å². The lowest BCUT2D eigenvalue weighted by Crippen LogP contribution is -2.03. The predicted octanol–water partition coefficient (Wildman–Crippen LogP) is 5.19. The molecule has 0 amide bonds. The third-order valence-electron chi connectivity index (χ3n) is 3.74. The average Bonchev–Trinajstić information content (AvgIpc) is 2.66. The van der Waals surface area contributed by atoms with Gasteiger partial charge in [-0.1, -0.05) is 60.2 Å². The van der Waals surface area contributed by atoms with E-state index in [-0.39, 0.29) is 0 Å². The highest BCUT2D eigenvalue weighted by molar-refractivity contribution is 5.88. The molecule has 0 fully saturated rings. The highest BCUT2D eigenvalue weighted by Gasteiger charge is 2.00. The number of esters is 1. The standard InChI is InChI=1S/C23H20O3/c1-18-6-5-7-20(16-18)17-25-21-13-10-19(11-14-21)12-15-23(24)26-22-8-3-2-4-9-22/h2-16H,17H2,1H3/b15-12+. The second-order valence-electron chi connectivity index (χ2n) is 5.91. The van der Waals surface area contributed by atoms with Gasteiger partial charge in [0.25, 0.3) is 0 Å². The van der Waals surface area contributed by atoms with E-state index in [1.54, 1.807) is 18.2 Å². The average molecular weight is 344 g/mol. The van der Waals surface area contributed by atoms with Crippen molar-refractivity contribution in [2.24, 2.45) is 0 Å². The third-order valence-corrected chi connectivity index (χ3v) is 3.74. The minimum absolute atomic E-state index is 0.407. The van der Waals surface area contributed by atoms with Crippen LogP contribution >= 0.6 is 0 Å². The number of para-hydroxylation sites is 1. The van der Waals surface area contributed by atoms with Gasteiger partial charge in [0.2, 0.25) is 0 Å². The molecule has 0 aliphatic carbocycles. The van der Waals surface area contributed by atoms with Crippen molar-refractivity contribution < 1.29 is 14.3 Å². The molecule has 0 unspecified atom stereocenters. The second kappa shape index (κ2) is 8.67. The van der Waals surface area contributed by atoms with Gasteiger partial charge in [0.05, 0.1) is 0 Å². The van der Waals surface area contributed by atoms with E-state index in [1.165, 1.54) is 11.6 Å². The van der Waals surface area contributed by atoms with Crippen LogP contribution in [0.5, 0.6) is 11.5 Å². The van der Waals surface area contributed by atoms with Crippen LogP contribution in [0.25, 0.3) is 6.08 Å². The molecule has 3 rings (SSSR count). The van der Waals surface area contributed by atoms with Crippen LogP contribution in [-0.2, 0) is 11.4 Å². The maximum atomic E-state index is 11.8. The molecule has 0 bridgehead atoms. The van der Waals surface area contributed by atoms with Gasteiger partial charge in [-0.3, -0.25) is 0 Å². The van der Waals surface area contributed by atoms with E-state index in [2.05, 4.69) is 19.1 Å². The summed E-state index contributed by atoms with van der Waals surface area (Å²) in [5.41, 5.74) is 3.25. The first-order valence-corrected chi connectivity index (χ1v) is 8.42. The molecule has 130 valence electrons. The Morgan fingerprint density at radius 1 is 0.885 bits per heavy atom. The Hall–Kier alpha value is -3.33. The maximum absolute atomic E-state index is 11.8. The van der Waals surface area contributed by atoms with Crippen molar-refractivity contribution in [2.45, 2.75) is 13.5 Å². The number of carbonyl (C=O) groups is 1. The molecule has 0 aromatic heterocycles. The fraction of sp³-hybridized carbons (Fsp3) is 0.0870. The van der Waals surface area contributed by atoms with E-state index >= 15 is 0 Å². The predicted molar refractivity (Wildman–Crippen MR) is 103 cm³/mol. The molecule has 0 heterocycles. The molecular weight excluding hydrogens is 324 g/mol. The van der Waals surface area contributed by atoms with Crippen LogP contribution in [0.2, 0.25) is 0 Å². The largest absolute Gasteiger partial charge is 0.489 e. The monoisotopic (exact) mass is 344 g/mol. The fourth-order valence-electron chi connectivity index (χ4n) is 2.45. The van der Waals surface area contributed by atoms with Crippen LogP contribution in [0, 0.1) is 6.92 Å². The van der Waals surface area contributed by atoms with Crippen LogP contribution in [0.1, 0.15) is 16.7 Å². The Labute approximate surface area is 153 Å². The number of ether oxygens (including phenoxy) is 2. The SMILES string of the molecule is Cc1cccc(COc2ccc(/C=C/C(=O)Oc3ccccc3)cc2)c1. The minimum Gasteiger partial charge on any atom is -0.489 e. The molecule has 0 aliphatic heterocycles. The highest BCUT2D eigenvalue weighted by Crippen LogP contribution is 2.16. The molecular formula is C23H20O3. The van der Waals surface area contributed by atoms with Crippen LogP contribution in [0.15, 0.2) is 84.9 Å². The summed E-state index contributed by atoms with van der Waals surface area (Å²) in [7, 11) is 0. The number of benzene rings is 3. The molecule has 0 atom stereocenters. The summed E-state index contributed by atoms with van der Waals surface area (Å²) in [6.45, 7) is 2.59. The molecule has 26 heavy (non-hydrogen) atoms. The molecule has 0 saturated heterocycles. The van der Waals surface area contributed by atoms with Crippen LogP contribution in [-0.4, -0.2) is 5.97 Å². The summed E-state index contributed by atoms with van der Waals surface area (Å²) in [5.74, 6) is 0.911. The smallest absolute Gasteiger partial charge is 0.336 e. The Morgan fingerprint density at radius 3 is 2.38 bits per heavy atom. The van der Waals surface area contributed by atoms with Crippen molar-refractivity contribution in [3.63, 3.8) is 0 Å². The first kappa shape index (κ1) is 17.5. The fourth-order valence-corrected chi connectivity index (χ4v) is 2.45. The van der Waals surface area contributed by atoms with Gasteiger partial charge in [-0.15, -0.1) is 0 Å². The first-order valence-electron chi connectivity index (χ1n) is 8.42. The zero-order valence-corrected chi connectivity index (χ0v) is 14.6. The van der Waals surface area contributed by atoms with Crippen molar-refractivity contribution in [1.82, 2.24) is 0 Å². The highest BCUT2D eigenvalue weighted by atomic mass is 16.5. The van der Waals surface area contributed by atoms with Gasteiger partial charge in [-0.25, -0.2) is 4.79 Å². The molecule has 0 saturated carbocycles. The summed E-state index contributed by atoms with van der Waals surface area (Å²) >= 11 is 0. The quantitative estimate of drug-likeness (QED) is 0.350. The Kier molecular flexibility index (Phi) is 5.84. The molecule has 3 aromatic carbocycles. The zero-order chi connectivity index (χ0) is 18.2. The lowest BCUT2D eigenvalue weighted by atomic mass is 10.1. The molecule has 0 N–H and O–H groups in total. The van der Waals surface area contributed by atoms with Crippen molar-refractivity contribution in [3.05, 3.63) is 102 Å². The van der Waals surface area contributed by atoms with E-state index in [0.717, 1.165) is 16.9 Å². The molecule has 0 aliphatic rings. The summed E-state index contributed by atoms with van der Waals surface area (Å²) in [6.07, 6.45) is 3.13. The molecule has 0 spiro atoms. The van der Waals surface area contributed by atoms with Gasteiger partial charge in [0.1, 0.15) is 18.1 Å². The third kappa shape index (κ3) is 5.35. The normalized spacial score (nSPS) is 10.7. The summed E-state index contributed by atoms with van der Waals surface area (Å²) in [5, 5.41) is 0. The van der Waals surface area contributed by atoms with Gasteiger partial charge in [-0.2, -0.15) is 0 Å². The van der Waals surface area contributed by atoms with Gasteiger partial charge in [0.15, 0.2) is 0 Å². The van der Waals surface area contributed by atoms with Gasteiger partial charge < -0.3 is 9.47 Å². The van der Waals surface area contributed by atoms with Crippen molar-refractivity contribution >= 4 is 12.0 Å². The molecule has 0 radical (unpaired) electrons. The van der Waals surface area contributed by atoms with E-state index in [1.807, 2.05) is 54.6 Å². The molecule has 3 aromatic rings. The molecule has 3 nitrogen and oxygen atoms in total. The van der Waals surface area contributed by atoms with Gasteiger partial charge in [-0.05, 0) is 48.4 Å². The number of hydrogen-bond acceptors (Lipinski definition) is 3. The van der Waals surface area contributed by atoms with Crippen molar-refractivity contribution in [3.8, 4) is 11.5 Å². The lowest BCUT2D eigenvalue weighted by molar-refractivity contribution is -0.128. The molecule has 3 heteroatoms. The van der Waals surface area contributed by atoms with E-state index < -0.39 is 5.97 Å². The van der Waals surface area contributed by atoms with Crippen LogP contribution in [0.3, 0.4) is 0 Å². The Balaban J connectivity index is 1.53. The first-order chi connectivity index (χ1) is 12.7. The van der Waals surface area contributed by atoms with Gasteiger partial charge >= 0.3 is 5.97 Å². The topological polar surface area (TPSA) is 35.5 Å². The van der Waals surface area contributed by atoms with E-state index in [0.29, 0.717) is 12.4 Å². The number of aryl methyl sites for hydroxylation is 1. The van der Waals surface area contributed by atoms with Crippen LogP contribution in [0.4, 0.5) is 0 Å². The Morgan fingerprint density at radius 2 is 1.65 bits per heavy atom. The number of rotatable bonds is 6. The summed E-state index contributed by atoms with van der Waals surface area (Å²) in [6, 6.07) is 24.8. The lowest BCUT2D eigenvalue weighted by Gasteiger charge is -2.07. The van der Waals surface area contributed by atoms with Gasteiger partial charge in [0, 0.05) is 6.08 Å². The summed E-state index contributed by atoms with van der Waals surface area (Å²) < 4.78 is 11.0.